The summed E-state index contributed by atoms with van der Waals surface area (Å²) in [5.41, 5.74) is -0.893. The number of anilines is 1. The number of rotatable bonds is 9. The van der Waals surface area contributed by atoms with E-state index in [4.69, 9.17) is 14.2 Å². The number of benzene rings is 2. The minimum Gasteiger partial charge on any atom is -0.493 e. The van der Waals surface area contributed by atoms with Crippen LogP contribution in [0.25, 0.3) is 10.9 Å². The van der Waals surface area contributed by atoms with E-state index in [9.17, 15) is 17.6 Å². The summed E-state index contributed by atoms with van der Waals surface area (Å²) in [4.78, 5) is 8.88. The summed E-state index contributed by atoms with van der Waals surface area (Å²) in [5.74, 6) is 0.447. The normalized spacial score (nSPS) is 15.7. The van der Waals surface area contributed by atoms with Crippen LogP contribution < -0.4 is 14.8 Å². The van der Waals surface area contributed by atoms with Gasteiger partial charge < -0.3 is 19.5 Å². The van der Waals surface area contributed by atoms with Crippen LogP contribution in [0.15, 0.2) is 30.3 Å². The first-order valence-electron chi connectivity index (χ1n) is 11.2. The topological polar surface area (TPSA) is 65.5 Å². The average Bonchev–Trinajstić information content (AvgIpc) is 3.56. The van der Waals surface area contributed by atoms with Crippen LogP contribution in [-0.2, 0) is 10.9 Å². The molecular formula is C25H27F4N3O3. The van der Waals surface area contributed by atoms with Gasteiger partial charge in [0.1, 0.15) is 17.5 Å². The molecule has 2 aromatic carbocycles. The Balaban J connectivity index is 1.68. The van der Waals surface area contributed by atoms with Crippen molar-refractivity contribution in [2.75, 3.05) is 32.8 Å². The van der Waals surface area contributed by atoms with Crippen LogP contribution in [0, 0.1) is 18.2 Å². The van der Waals surface area contributed by atoms with Gasteiger partial charge in [0.2, 0.25) is 0 Å². The molecule has 1 aliphatic carbocycles. The molecule has 1 atom stereocenters. The fourth-order valence-corrected chi connectivity index (χ4v) is 4.07. The van der Waals surface area contributed by atoms with Gasteiger partial charge in [-0.3, -0.25) is 0 Å². The number of hydrogen-bond acceptors (Lipinski definition) is 6. The molecule has 0 bridgehead atoms. The van der Waals surface area contributed by atoms with Gasteiger partial charge in [-0.05, 0) is 38.8 Å². The second kappa shape index (κ2) is 9.49. The molecule has 35 heavy (non-hydrogen) atoms. The number of alkyl halides is 3. The molecule has 0 amide bonds. The number of nitrogens with one attached hydrogen (secondary N) is 1. The van der Waals surface area contributed by atoms with Crippen LogP contribution in [0.5, 0.6) is 11.5 Å². The highest BCUT2D eigenvalue weighted by atomic mass is 19.4. The Labute approximate surface area is 200 Å². The van der Waals surface area contributed by atoms with E-state index in [1.807, 2.05) is 0 Å². The highest BCUT2D eigenvalue weighted by Gasteiger charge is 2.44. The predicted octanol–water partition coefficient (Wildman–Crippen LogP) is 6.08. The molecule has 4 rings (SSSR count). The first-order chi connectivity index (χ1) is 16.6. The maximum Gasteiger partial charge on any atom is 0.419 e. The van der Waals surface area contributed by atoms with Gasteiger partial charge in [-0.2, -0.15) is 13.2 Å². The fourth-order valence-electron chi connectivity index (χ4n) is 4.07. The number of ether oxygens (including phenoxy) is 3. The van der Waals surface area contributed by atoms with Crippen molar-refractivity contribution in [3.8, 4) is 11.5 Å². The summed E-state index contributed by atoms with van der Waals surface area (Å²) in [6.45, 7) is 4.31. The third-order valence-electron chi connectivity index (χ3n) is 6.19. The molecule has 6 nitrogen and oxygen atoms in total. The summed E-state index contributed by atoms with van der Waals surface area (Å²) in [5, 5.41) is 3.63. The smallest absolute Gasteiger partial charge is 0.419 e. The lowest BCUT2D eigenvalue weighted by Crippen LogP contribution is -2.18. The predicted molar refractivity (Wildman–Crippen MR) is 123 cm³/mol. The van der Waals surface area contributed by atoms with Gasteiger partial charge in [0.05, 0.1) is 37.4 Å². The lowest BCUT2D eigenvalue weighted by molar-refractivity contribution is -0.140. The number of fused-ring (bicyclic) bond motifs is 1. The van der Waals surface area contributed by atoms with Crippen molar-refractivity contribution in [3.63, 3.8) is 0 Å². The second-order valence-electron chi connectivity index (χ2n) is 8.93. The Kier molecular flexibility index (Phi) is 6.77. The minimum absolute atomic E-state index is 0.0187. The summed E-state index contributed by atoms with van der Waals surface area (Å²) in [6.07, 6.45) is -2.78. The quantitative estimate of drug-likeness (QED) is 0.364. The van der Waals surface area contributed by atoms with Crippen molar-refractivity contribution in [1.29, 1.82) is 0 Å². The maximum absolute atomic E-state index is 14.7. The zero-order valence-corrected chi connectivity index (χ0v) is 19.9. The number of hydrogen-bond donors (Lipinski definition) is 1. The zero-order chi connectivity index (χ0) is 25.4. The van der Waals surface area contributed by atoms with Gasteiger partial charge in [-0.25, -0.2) is 14.4 Å². The minimum atomic E-state index is -4.79. The summed E-state index contributed by atoms with van der Waals surface area (Å²) in [6, 6.07) is 5.87. The molecule has 1 aromatic heterocycles. The van der Waals surface area contributed by atoms with Crippen LogP contribution in [0.2, 0.25) is 0 Å². The van der Waals surface area contributed by atoms with Gasteiger partial charge in [0, 0.05) is 29.5 Å². The number of aromatic nitrogens is 2. The Bertz CT molecular complexity index is 1230. The van der Waals surface area contributed by atoms with Crippen molar-refractivity contribution >= 4 is 16.7 Å². The molecule has 10 heteroatoms. The highest BCUT2D eigenvalue weighted by molar-refractivity contribution is 5.92. The van der Waals surface area contributed by atoms with Crippen molar-refractivity contribution in [1.82, 2.24) is 9.97 Å². The molecule has 188 valence electrons. The number of methoxy groups -OCH3 is 2. The lowest BCUT2D eigenvalue weighted by atomic mass is 10.0. The zero-order valence-electron chi connectivity index (χ0n) is 19.9. The van der Waals surface area contributed by atoms with Crippen LogP contribution in [0.3, 0.4) is 0 Å². The molecular weight excluding hydrogens is 466 g/mol. The first kappa shape index (κ1) is 25.0. The van der Waals surface area contributed by atoms with E-state index in [1.54, 1.807) is 33.1 Å². The van der Waals surface area contributed by atoms with Crippen LogP contribution in [0.1, 0.15) is 42.8 Å². The molecule has 1 heterocycles. The van der Waals surface area contributed by atoms with Crippen molar-refractivity contribution < 1.29 is 31.8 Å². The SMILES string of the molecule is COCC1(COc2cc3c(N[C@H](C)c4cccc(C(F)(F)F)c4F)nc(C)nc3cc2OC)CC1. The third kappa shape index (κ3) is 5.27. The Hall–Kier alpha value is -3.14. The van der Waals surface area contributed by atoms with E-state index in [2.05, 4.69) is 15.3 Å². The monoisotopic (exact) mass is 493 g/mol. The molecule has 1 aliphatic rings. The van der Waals surface area contributed by atoms with Gasteiger partial charge >= 0.3 is 6.18 Å². The molecule has 3 aromatic rings. The van der Waals surface area contributed by atoms with E-state index in [0.29, 0.717) is 47.3 Å². The average molecular weight is 494 g/mol. The van der Waals surface area contributed by atoms with E-state index >= 15 is 0 Å². The standard InChI is InChI=1S/C25H27F4N3O3/c1-14(16-6-5-7-18(22(16)26)25(27,28)29)30-23-17-10-21(35-13-24(8-9-24)12-33-3)20(34-4)11-19(17)31-15(2)32-23/h5-7,10-11,14H,8-9,12-13H2,1-4H3,(H,30,31,32)/t14-/m1/s1. The fraction of sp³-hybridized carbons (Fsp3) is 0.440. The van der Waals surface area contributed by atoms with Crippen LogP contribution in [0.4, 0.5) is 23.4 Å². The number of aryl methyl sites for hydroxylation is 1. The van der Waals surface area contributed by atoms with Gasteiger partial charge in [-0.15, -0.1) is 0 Å². The molecule has 0 saturated heterocycles. The van der Waals surface area contributed by atoms with Crippen LogP contribution >= 0.6 is 0 Å². The van der Waals surface area contributed by atoms with Crippen molar-refractivity contribution in [2.45, 2.75) is 38.9 Å². The van der Waals surface area contributed by atoms with Crippen molar-refractivity contribution in [3.05, 3.63) is 53.1 Å². The first-order valence-corrected chi connectivity index (χ1v) is 11.2. The van der Waals surface area contributed by atoms with Gasteiger partial charge in [0.15, 0.2) is 11.5 Å². The number of nitrogens with zero attached hydrogens (tertiary/aromatic N) is 2. The Morgan fingerprint density at radius 3 is 2.46 bits per heavy atom. The maximum atomic E-state index is 14.7. The lowest BCUT2D eigenvalue weighted by Gasteiger charge is -2.20. The summed E-state index contributed by atoms with van der Waals surface area (Å²) < 4.78 is 71.2. The second-order valence-corrected chi connectivity index (χ2v) is 8.93. The van der Waals surface area contributed by atoms with Crippen molar-refractivity contribution in [2.24, 2.45) is 5.41 Å². The Morgan fingerprint density at radius 2 is 1.83 bits per heavy atom. The van der Waals surface area contributed by atoms with Gasteiger partial charge in [-0.1, -0.05) is 12.1 Å². The molecule has 1 N–H and O–H groups in total. The summed E-state index contributed by atoms with van der Waals surface area (Å²) in [7, 11) is 3.18. The van der Waals surface area contributed by atoms with E-state index < -0.39 is 23.6 Å². The molecule has 0 unspecified atom stereocenters. The molecule has 1 fully saturated rings. The molecule has 0 radical (unpaired) electrons. The summed E-state index contributed by atoms with van der Waals surface area (Å²) >= 11 is 0. The molecule has 1 saturated carbocycles. The van der Waals surface area contributed by atoms with E-state index in [-0.39, 0.29) is 11.0 Å². The highest BCUT2D eigenvalue weighted by Crippen LogP contribution is 2.47. The molecule has 0 spiro atoms. The van der Waals surface area contributed by atoms with Crippen LogP contribution in [-0.4, -0.2) is 37.4 Å². The van der Waals surface area contributed by atoms with Gasteiger partial charge in [0.25, 0.3) is 0 Å². The van der Waals surface area contributed by atoms with E-state index in [1.165, 1.54) is 19.2 Å². The van der Waals surface area contributed by atoms with E-state index in [0.717, 1.165) is 18.9 Å². The number of halogens is 4. The largest absolute Gasteiger partial charge is 0.493 e. The third-order valence-corrected chi connectivity index (χ3v) is 6.19. The Morgan fingerprint density at radius 1 is 1.09 bits per heavy atom. The molecule has 0 aliphatic heterocycles.